The third-order valence-electron chi connectivity index (χ3n) is 2.75. The Morgan fingerprint density at radius 3 is 2.65 bits per heavy atom. The first-order valence-electron chi connectivity index (χ1n) is 5.55. The fraction of sp³-hybridized carbons (Fsp3) is 0.357. The van der Waals surface area contributed by atoms with Crippen LogP contribution in [0, 0.1) is 0 Å². The predicted octanol–water partition coefficient (Wildman–Crippen LogP) is 4.31. The van der Waals surface area contributed by atoms with Crippen LogP contribution in [-0.4, -0.2) is 11.1 Å². The number of carbonyl (C=O) groups excluding carboxylic acids is 1. The molecule has 2 nitrogen and oxygen atoms in total. The zero-order valence-corrected chi connectivity index (χ0v) is 11.8. The van der Waals surface area contributed by atoms with Crippen LogP contribution >= 0.6 is 15.9 Å². The first-order valence-corrected chi connectivity index (χ1v) is 6.68. The van der Waals surface area contributed by atoms with E-state index in [2.05, 4.69) is 36.7 Å². The van der Waals surface area contributed by atoms with Gasteiger partial charge in [-0.15, -0.1) is 0 Å². The molecule has 1 heterocycles. The van der Waals surface area contributed by atoms with Crippen molar-refractivity contribution in [2.75, 3.05) is 5.33 Å². The summed E-state index contributed by atoms with van der Waals surface area (Å²) in [6.07, 6.45) is 0. The fourth-order valence-corrected chi connectivity index (χ4v) is 2.13. The maximum Gasteiger partial charge on any atom is 0.208 e. The highest BCUT2D eigenvalue weighted by molar-refractivity contribution is 9.09. The maximum absolute atomic E-state index is 11.6. The molecule has 2 aromatic rings. The highest BCUT2D eigenvalue weighted by atomic mass is 79.9. The molecule has 17 heavy (non-hydrogen) atoms. The molecule has 0 N–H and O–H groups in total. The van der Waals surface area contributed by atoms with Crippen LogP contribution in [0.5, 0.6) is 0 Å². The fourth-order valence-electron chi connectivity index (χ4n) is 1.86. The Labute approximate surface area is 109 Å². The summed E-state index contributed by atoms with van der Waals surface area (Å²) in [5.74, 6) is 0.398. The van der Waals surface area contributed by atoms with Crippen molar-refractivity contribution >= 4 is 32.7 Å². The quantitative estimate of drug-likeness (QED) is 0.610. The molecular formula is C14H15BrO2. The number of para-hydroxylation sites is 1. The molecule has 0 bridgehead atoms. The SMILES string of the molecule is CC(C)(C)c1cccc2cc(C(=O)CBr)oc12. The Kier molecular flexibility index (Phi) is 3.13. The summed E-state index contributed by atoms with van der Waals surface area (Å²) in [6.45, 7) is 6.41. The Hall–Kier alpha value is -1.09. The summed E-state index contributed by atoms with van der Waals surface area (Å²) in [5, 5.41) is 1.28. The monoisotopic (exact) mass is 294 g/mol. The number of hydrogen-bond donors (Lipinski definition) is 0. The summed E-state index contributed by atoms with van der Waals surface area (Å²) in [4.78, 5) is 11.6. The number of carbonyl (C=O) groups is 1. The molecule has 0 saturated heterocycles. The van der Waals surface area contributed by atoms with Gasteiger partial charge in [0.25, 0.3) is 0 Å². The summed E-state index contributed by atoms with van der Waals surface area (Å²) >= 11 is 3.16. The normalized spacial score (nSPS) is 12.0. The minimum absolute atomic E-state index is 0.00603. The molecule has 3 heteroatoms. The minimum Gasteiger partial charge on any atom is -0.453 e. The van der Waals surface area contributed by atoms with Gasteiger partial charge in [-0.05, 0) is 11.5 Å². The second-order valence-corrected chi connectivity index (χ2v) is 5.70. The maximum atomic E-state index is 11.6. The highest BCUT2D eigenvalue weighted by Crippen LogP contribution is 2.32. The van der Waals surface area contributed by atoms with Crippen molar-refractivity contribution in [1.82, 2.24) is 0 Å². The van der Waals surface area contributed by atoms with Crippen LogP contribution in [0.1, 0.15) is 36.9 Å². The number of Topliss-reactive ketones (excluding diaryl/α,β-unsaturated/α-hetero) is 1. The van der Waals surface area contributed by atoms with Gasteiger partial charge in [-0.2, -0.15) is 0 Å². The molecule has 0 unspecified atom stereocenters. The van der Waals surface area contributed by atoms with Gasteiger partial charge in [0, 0.05) is 10.9 Å². The average molecular weight is 295 g/mol. The van der Waals surface area contributed by atoms with Gasteiger partial charge in [0.2, 0.25) is 5.78 Å². The summed E-state index contributed by atoms with van der Waals surface area (Å²) < 4.78 is 5.70. The topological polar surface area (TPSA) is 30.2 Å². The lowest BCUT2D eigenvalue weighted by atomic mass is 9.86. The highest BCUT2D eigenvalue weighted by Gasteiger charge is 2.20. The van der Waals surface area contributed by atoms with E-state index in [0.717, 1.165) is 16.5 Å². The van der Waals surface area contributed by atoms with Crippen LogP contribution < -0.4 is 0 Å². The van der Waals surface area contributed by atoms with Crippen LogP contribution in [0.15, 0.2) is 28.7 Å². The Balaban J connectivity index is 2.65. The molecule has 0 amide bonds. The van der Waals surface area contributed by atoms with Crippen molar-refractivity contribution in [3.63, 3.8) is 0 Å². The third-order valence-corrected chi connectivity index (χ3v) is 3.26. The van der Waals surface area contributed by atoms with Crippen LogP contribution in [0.3, 0.4) is 0 Å². The van der Waals surface area contributed by atoms with Gasteiger partial charge < -0.3 is 4.42 Å². The van der Waals surface area contributed by atoms with E-state index in [4.69, 9.17) is 4.42 Å². The number of furan rings is 1. The van der Waals surface area contributed by atoms with Gasteiger partial charge in [-0.1, -0.05) is 54.9 Å². The second kappa shape index (κ2) is 4.30. The van der Waals surface area contributed by atoms with E-state index in [-0.39, 0.29) is 16.5 Å². The van der Waals surface area contributed by atoms with E-state index in [1.54, 1.807) is 0 Å². The second-order valence-electron chi connectivity index (χ2n) is 5.14. The molecule has 1 aromatic heterocycles. The third kappa shape index (κ3) is 2.29. The first-order chi connectivity index (χ1) is 7.93. The molecule has 0 aliphatic carbocycles. The van der Waals surface area contributed by atoms with Crippen LogP contribution in [0.2, 0.25) is 0 Å². The largest absolute Gasteiger partial charge is 0.453 e. The number of fused-ring (bicyclic) bond motifs is 1. The number of rotatable bonds is 2. The Bertz CT molecular complexity index is 561. The Morgan fingerprint density at radius 1 is 1.35 bits per heavy atom. The van der Waals surface area contributed by atoms with Gasteiger partial charge in [-0.25, -0.2) is 0 Å². The van der Waals surface area contributed by atoms with E-state index in [1.165, 1.54) is 0 Å². The standard InChI is InChI=1S/C14H15BrO2/c1-14(2,3)10-6-4-5-9-7-12(11(16)8-15)17-13(9)10/h4-7H,8H2,1-3H3. The number of halogens is 1. The summed E-state index contributed by atoms with van der Waals surface area (Å²) in [6, 6.07) is 7.84. The summed E-state index contributed by atoms with van der Waals surface area (Å²) in [7, 11) is 0. The van der Waals surface area contributed by atoms with Gasteiger partial charge in [0.15, 0.2) is 5.76 Å². The molecule has 0 spiro atoms. The van der Waals surface area contributed by atoms with E-state index in [1.807, 2.05) is 24.3 Å². The van der Waals surface area contributed by atoms with Crippen LogP contribution in [0.4, 0.5) is 0 Å². The molecule has 1 aromatic carbocycles. The van der Waals surface area contributed by atoms with Gasteiger partial charge >= 0.3 is 0 Å². The minimum atomic E-state index is -0.0268. The molecule has 0 aliphatic rings. The zero-order chi connectivity index (χ0) is 12.6. The first kappa shape index (κ1) is 12.4. The van der Waals surface area contributed by atoms with Gasteiger partial charge in [0.1, 0.15) is 5.58 Å². The zero-order valence-electron chi connectivity index (χ0n) is 10.2. The van der Waals surface area contributed by atoms with Crippen molar-refractivity contribution in [1.29, 1.82) is 0 Å². The molecule has 90 valence electrons. The summed E-state index contributed by atoms with van der Waals surface area (Å²) in [5.41, 5.74) is 1.96. The van der Waals surface area contributed by atoms with Crippen molar-refractivity contribution < 1.29 is 9.21 Å². The van der Waals surface area contributed by atoms with Crippen molar-refractivity contribution in [3.05, 3.63) is 35.6 Å². The van der Waals surface area contributed by atoms with Crippen LogP contribution in [0.25, 0.3) is 11.0 Å². The molecular weight excluding hydrogens is 280 g/mol. The number of benzene rings is 1. The number of alkyl halides is 1. The van der Waals surface area contributed by atoms with Gasteiger partial charge in [-0.3, -0.25) is 4.79 Å². The number of ketones is 1. The van der Waals surface area contributed by atoms with E-state index < -0.39 is 0 Å². The van der Waals surface area contributed by atoms with Crippen molar-refractivity contribution in [2.24, 2.45) is 0 Å². The Morgan fingerprint density at radius 2 is 2.06 bits per heavy atom. The molecule has 0 atom stereocenters. The van der Waals surface area contributed by atoms with Crippen molar-refractivity contribution in [3.8, 4) is 0 Å². The lowest BCUT2D eigenvalue weighted by molar-refractivity contribution is 0.0995. The molecule has 0 fully saturated rings. The molecule has 0 aliphatic heterocycles. The lowest BCUT2D eigenvalue weighted by Crippen LogP contribution is -2.11. The van der Waals surface area contributed by atoms with E-state index in [9.17, 15) is 4.79 Å². The smallest absolute Gasteiger partial charge is 0.208 e. The van der Waals surface area contributed by atoms with Crippen molar-refractivity contribution in [2.45, 2.75) is 26.2 Å². The van der Waals surface area contributed by atoms with E-state index >= 15 is 0 Å². The predicted molar refractivity (Wildman–Crippen MR) is 73.0 cm³/mol. The van der Waals surface area contributed by atoms with E-state index in [0.29, 0.717) is 5.76 Å². The molecule has 0 saturated carbocycles. The number of hydrogen-bond acceptors (Lipinski definition) is 2. The lowest BCUT2D eigenvalue weighted by Gasteiger charge is -2.18. The average Bonchev–Trinajstić information content (AvgIpc) is 2.69. The molecule has 2 rings (SSSR count). The molecule has 0 radical (unpaired) electrons. The van der Waals surface area contributed by atoms with Gasteiger partial charge in [0.05, 0.1) is 5.33 Å². The van der Waals surface area contributed by atoms with Crippen LogP contribution in [-0.2, 0) is 5.41 Å².